The molecule has 0 radical (unpaired) electrons. The number of carbonyl (C=O) groups is 1. The van der Waals surface area contributed by atoms with Crippen molar-refractivity contribution in [3.05, 3.63) is 30.3 Å². The monoisotopic (exact) mass is 348 g/mol. The largest absolute Gasteiger partial charge is 0.405 e. The van der Waals surface area contributed by atoms with E-state index in [1.165, 1.54) is 0 Å². The molecule has 1 aliphatic rings. The van der Waals surface area contributed by atoms with Crippen LogP contribution < -0.4 is 5.32 Å². The minimum atomic E-state index is -4.41. The van der Waals surface area contributed by atoms with Gasteiger partial charge in [-0.1, -0.05) is 18.2 Å². The average molecular weight is 348 g/mol. The third kappa shape index (κ3) is 5.62. The molecule has 128 valence electrons. The van der Waals surface area contributed by atoms with Gasteiger partial charge < -0.3 is 5.32 Å². The van der Waals surface area contributed by atoms with Crippen LogP contribution in [0.4, 0.5) is 13.2 Å². The highest BCUT2D eigenvalue weighted by molar-refractivity contribution is 7.85. The average Bonchev–Trinajstić information content (AvgIpc) is 2.99. The predicted molar refractivity (Wildman–Crippen MR) is 81.4 cm³/mol. The molecule has 2 rings (SSSR count). The van der Waals surface area contributed by atoms with Crippen molar-refractivity contribution in [2.45, 2.75) is 30.0 Å². The van der Waals surface area contributed by atoms with E-state index in [1.54, 1.807) is 24.3 Å². The minimum absolute atomic E-state index is 0.354. The van der Waals surface area contributed by atoms with Gasteiger partial charge in [-0.2, -0.15) is 13.2 Å². The Morgan fingerprint density at radius 3 is 2.65 bits per heavy atom. The summed E-state index contributed by atoms with van der Waals surface area (Å²) in [5, 5.41) is 1.93. The van der Waals surface area contributed by atoms with Gasteiger partial charge in [0.25, 0.3) is 0 Å². The molecule has 0 aromatic heterocycles. The molecule has 0 saturated carbocycles. The fourth-order valence-electron chi connectivity index (χ4n) is 2.59. The molecule has 8 heteroatoms. The van der Waals surface area contributed by atoms with Gasteiger partial charge >= 0.3 is 6.18 Å². The molecule has 0 bridgehead atoms. The van der Waals surface area contributed by atoms with Crippen molar-refractivity contribution in [3.8, 4) is 0 Å². The third-order valence-electron chi connectivity index (χ3n) is 3.70. The van der Waals surface area contributed by atoms with Crippen molar-refractivity contribution in [3.63, 3.8) is 0 Å². The van der Waals surface area contributed by atoms with Crippen LogP contribution in [0.3, 0.4) is 0 Å². The topological polar surface area (TPSA) is 49.4 Å². The maximum absolute atomic E-state index is 12.2. The third-order valence-corrected chi connectivity index (χ3v) is 5.05. The summed E-state index contributed by atoms with van der Waals surface area (Å²) in [7, 11) is -1.18. The van der Waals surface area contributed by atoms with E-state index in [4.69, 9.17) is 0 Å². The van der Waals surface area contributed by atoms with Crippen LogP contribution in [0.2, 0.25) is 0 Å². The molecule has 1 aromatic rings. The van der Waals surface area contributed by atoms with E-state index >= 15 is 0 Å². The van der Waals surface area contributed by atoms with Crippen LogP contribution in [0, 0.1) is 0 Å². The summed E-state index contributed by atoms with van der Waals surface area (Å²) in [4.78, 5) is 14.4. The Morgan fingerprint density at radius 1 is 1.30 bits per heavy atom. The lowest BCUT2D eigenvalue weighted by Crippen LogP contribution is -2.46. The van der Waals surface area contributed by atoms with Gasteiger partial charge in [0, 0.05) is 17.2 Å². The van der Waals surface area contributed by atoms with Crippen LogP contribution in [0.1, 0.15) is 12.8 Å². The van der Waals surface area contributed by atoms with Gasteiger partial charge in [-0.15, -0.1) is 0 Å². The summed E-state index contributed by atoms with van der Waals surface area (Å²) in [6.07, 6.45) is -3.13. The fourth-order valence-corrected chi connectivity index (χ4v) is 3.68. The lowest BCUT2D eigenvalue weighted by molar-refractivity contribution is -0.141. The number of rotatable bonds is 6. The molecule has 1 amide bonds. The van der Waals surface area contributed by atoms with Crippen molar-refractivity contribution in [2.75, 3.05) is 25.4 Å². The molecule has 0 aliphatic carbocycles. The first-order valence-corrected chi connectivity index (χ1v) is 8.70. The normalized spacial score (nSPS) is 20.4. The quantitative estimate of drug-likeness (QED) is 0.855. The van der Waals surface area contributed by atoms with Gasteiger partial charge in [0.15, 0.2) is 0 Å². The van der Waals surface area contributed by atoms with Crippen LogP contribution in [-0.4, -0.2) is 52.6 Å². The molecule has 1 aliphatic heterocycles. The van der Waals surface area contributed by atoms with E-state index < -0.39 is 35.5 Å². The van der Waals surface area contributed by atoms with Gasteiger partial charge in [0.1, 0.15) is 6.54 Å². The fraction of sp³-hybridized carbons (Fsp3) is 0.533. The second-order valence-electron chi connectivity index (χ2n) is 5.39. The molecule has 1 saturated heterocycles. The number of alkyl halides is 3. The van der Waals surface area contributed by atoms with Crippen molar-refractivity contribution in [1.82, 2.24) is 10.2 Å². The van der Waals surface area contributed by atoms with Gasteiger partial charge in [0.2, 0.25) is 5.91 Å². The number of carbonyl (C=O) groups excluding carboxylic acids is 1. The molecule has 1 fully saturated rings. The first kappa shape index (κ1) is 17.9. The summed E-state index contributed by atoms with van der Waals surface area (Å²) in [5.41, 5.74) is 0. The highest BCUT2D eigenvalue weighted by Gasteiger charge is 2.34. The van der Waals surface area contributed by atoms with E-state index in [9.17, 15) is 22.2 Å². The van der Waals surface area contributed by atoms with Crippen LogP contribution in [0.15, 0.2) is 35.2 Å². The van der Waals surface area contributed by atoms with Crippen molar-refractivity contribution in [2.24, 2.45) is 0 Å². The molecule has 0 spiro atoms. The number of nitrogens with zero attached hydrogens (tertiary/aromatic N) is 1. The van der Waals surface area contributed by atoms with Crippen molar-refractivity contribution < 1.29 is 22.2 Å². The number of halogens is 3. The summed E-state index contributed by atoms with van der Waals surface area (Å²) in [6, 6.07) is 8.42. The zero-order chi connectivity index (χ0) is 16.9. The smallest absolute Gasteiger partial charge is 0.346 e. The number of nitrogens with one attached hydrogen (secondary N) is 1. The summed E-state index contributed by atoms with van der Waals surface area (Å²) in [6.45, 7) is -0.256. The van der Waals surface area contributed by atoms with E-state index in [-0.39, 0.29) is 0 Å². The molecule has 1 heterocycles. The lowest BCUT2D eigenvalue weighted by Gasteiger charge is -2.23. The number of amides is 1. The van der Waals surface area contributed by atoms with Crippen LogP contribution >= 0.6 is 0 Å². The molecule has 1 aromatic carbocycles. The lowest BCUT2D eigenvalue weighted by atomic mass is 10.2. The first-order chi connectivity index (χ1) is 10.9. The highest BCUT2D eigenvalue weighted by atomic mass is 32.2. The maximum Gasteiger partial charge on any atom is 0.405 e. The zero-order valence-corrected chi connectivity index (χ0v) is 13.3. The molecule has 23 heavy (non-hydrogen) atoms. The van der Waals surface area contributed by atoms with Crippen molar-refractivity contribution >= 4 is 16.7 Å². The summed E-state index contributed by atoms with van der Waals surface area (Å²) < 4.78 is 48.7. The van der Waals surface area contributed by atoms with E-state index in [2.05, 4.69) is 0 Å². The highest BCUT2D eigenvalue weighted by Crippen LogP contribution is 2.19. The molecule has 1 N–H and O–H groups in total. The molecule has 2 atom stereocenters. The first-order valence-electron chi connectivity index (χ1n) is 7.39. The van der Waals surface area contributed by atoms with E-state index in [1.807, 2.05) is 16.3 Å². The zero-order valence-electron chi connectivity index (χ0n) is 12.5. The number of hydrogen-bond acceptors (Lipinski definition) is 3. The Bertz CT molecular complexity index is 551. The Hall–Kier alpha value is -1.41. The number of likely N-dealkylation sites (tertiary alicyclic amines) is 1. The SMILES string of the molecule is O=C(NCC(F)(F)F)C1CCCN1CCS(=O)c1ccccc1. The van der Waals surface area contributed by atoms with E-state index in [0.717, 1.165) is 6.42 Å². The number of hydrogen-bond donors (Lipinski definition) is 1. The van der Waals surface area contributed by atoms with Gasteiger partial charge in [-0.3, -0.25) is 13.9 Å². The standard InChI is InChI=1S/C15H19F3N2O2S/c16-15(17,18)11-19-14(21)13-7-4-8-20(13)9-10-23(22)12-5-2-1-3-6-12/h1-3,5-6,13H,4,7-11H2,(H,19,21). The minimum Gasteiger partial charge on any atom is -0.346 e. The molecule has 2 unspecified atom stereocenters. The van der Waals surface area contributed by atoms with Gasteiger partial charge in [-0.25, -0.2) is 0 Å². The molecular weight excluding hydrogens is 329 g/mol. The summed E-state index contributed by atoms with van der Waals surface area (Å²) >= 11 is 0. The molecule has 4 nitrogen and oxygen atoms in total. The second kappa shape index (κ2) is 7.92. The second-order valence-corrected chi connectivity index (χ2v) is 6.96. The maximum atomic E-state index is 12.2. The van der Waals surface area contributed by atoms with Crippen LogP contribution in [0.5, 0.6) is 0 Å². The van der Waals surface area contributed by atoms with Crippen molar-refractivity contribution in [1.29, 1.82) is 0 Å². The Kier molecular flexibility index (Phi) is 6.17. The van der Waals surface area contributed by atoms with Gasteiger partial charge in [-0.05, 0) is 31.5 Å². The number of benzene rings is 1. The Labute approximate surface area is 135 Å². The van der Waals surface area contributed by atoms with E-state index in [0.29, 0.717) is 30.2 Å². The molecular formula is C15H19F3N2O2S. The van der Waals surface area contributed by atoms with Gasteiger partial charge in [0.05, 0.1) is 16.8 Å². The van der Waals surface area contributed by atoms with Crippen LogP contribution in [-0.2, 0) is 15.6 Å². The Morgan fingerprint density at radius 2 is 2.00 bits per heavy atom. The summed E-state index contributed by atoms with van der Waals surface area (Å²) in [5.74, 6) is -0.252. The van der Waals surface area contributed by atoms with Crippen LogP contribution in [0.25, 0.3) is 0 Å². The predicted octanol–water partition coefficient (Wildman–Crippen LogP) is 1.94. The Balaban J connectivity index is 1.84.